The van der Waals surface area contributed by atoms with Crippen molar-refractivity contribution in [3.8, 4) is 0 Å². The van der Waals surface area contributed by atoms with Crippen LogP contribution in [0.15, 0.2) is 42.5 Å². The van der Waals surface area contributed by atoms with E-state index in [0.717, 1.165) is 18.4 Å². The molecule has 0 saturated carbocycles. The Bertz CT molecular complexity index is 599. The smallest absolute Gasteiger partial charge is 0.123 e. The molecule has 1 aliphatic carbocycles. The highest BCUT2D eigenvalue weighted by molar-refractivity contribution is 6.31. The van der Waals surface area contributed by atoms with Crippen LogP contribution in [-0.2, 0) is 19.3 Å². The van der Waals surface area contributed by atoms with Crippen LogP contribution in [0, 0.1) is 5.82 Å². The number of benzene rings is 2. The van der Waals surface area contributed by atoms with E-state index < -0.39 is 0 Å². The molecule has 0 atom stereocenters. The van der Waals surface area contributed by atoms with Crippen molar-refractivity contribution in [2.75, 3.05) is 0 Å². The number of hydrogen-bond donors (Lipinski definition) is 1. The third-order valence-corrected chi connectivity index (χ3v) is 4.12. The molecular formula is C16H15ClFN. The van der Waals surface area contributed by atoms with Gasteiger partial charge in [0.25, 0.3) is 0 Å². The van der Waals surface area contributed by atoms with Crippen LogP contribution in [0.2, 0.25) is 5.02 Å². The van der Waals surface area contributed by atoms with Gasteiger partial charge in [0.05, 0.1) is 0 Å². The topological polar surface area (TPSA) is 26.0 Å². The van der Waals surface area contributed by atoms with Crippen molar-refractivity contribution in [1.82, 2.24) is 0 Å². The monoisotopic (exact) mass is 275 g/mol. The molecule has 0 heterocycles. The molecule has 19 heavy (non-hydrogen) atoms. The summed E-state index contributed by atoms with van der Waals surface area (Å²) in [6.07, 6.45) is 2.23. The predicted octanol–water partition coefficient (Wildman–Crippen LogP) is 3.52. The molecule has 3 rings (SSSR count). The van der Waals surface area contributed by atoms with E-state index in [1.54, 1.807) is 6.07 Å². The first-order chi connectivity index (χ1) is 9.06. The molecule has 1 aliphatic rings. The number of fused-ring (bicyclic) bond motifs is 1. The molecule has 0 spiro atoms. The standard InChI is InChI=1S/C16H15ClFN/c17-15-6-5-14(18)7-13(15)10-16(19)8-11-3-1-2-4-12(11)9-16/h1-7H,8-10,19H2. The van der Waals surface area contributed by atoms with E-state index in [2.05, 4.69) is 12.1 Å². The second kappa shape index (κ2) is 4.62. The molecule has 0 aliphatic heterocycles. The highest BCUT2D eigenvalue weighted by atomic mass is 35.5. The average Bonchev–Trinajstić information content (AvgIpc) is 2.69. The van der Waals surface area contributed by atoms with Crippen molar-refractivity contribution in [2.24, 2.45) is 5.73 Å². The fraction of sp³-hybridized carbons (Fsp3) is 0.250. The summed E-state index contributed by atoms with van der Waals surface area (Å²) in [5.41, 5.74) is 9.49. The third kappa shape index (κ3) is 2.51. The fourth-order valence-electron chi connectivity index (χ4n) is 2.91. The van der Waals surface area contributed by atoms with E-state index in [-0.39, 0.29) is 11.4 Å². The average molecular weight is 276 g/mol. The molecule has 0 bridgehead atoms. The van der Waals surface area contributed by atoms with Gasteiger partial charge in [-0.15, -0.1) is 0 Å². The highest BCUT2D eigenvalue weighted by Gasteiger charge is 2.33. The Kier molecular flexibility index (Phi) is 3.08. The van der Waals surface area contributed by atoms with Gasteiger partial charge in [0.2, 0.25) is 0 Å². The zero-order chi connectivity index (χ0) is 13.5. The largest absolute Gasteiger partial charge is 0.324 e. The first-order valence-electron chi connectivity index (χ1n) is 6.35. The first kappa shape index (κ1) is 12.6. The minimum absolute atomic E-state index is 0.265. The van der Waals surface area contributed by atoms with E-state index >= 15 is 0 Å². The fourth-order valence-corrected chi connectivity index (χ4v) is 3.09. The van der Waals surface area contributed by atoms with Gasteiger partial charge in [-0.3, -0.25) is 0 Å². The number of rotatable bonds is 2. The second-order valence-corrected chi connectivity index (χ2v) is 5.80. The van der Waals surface area contributed by atoms with Crippen LogP contribution in [0.4, 0.5) is 4.39 Å². The molecule has 0 amide bonds. The summed E-state index contributed by atoms with van der Waals surface area (Å²) in [5, 5.41) is 0.585. The second-order valence-electron chi connectivity index (χ2n) is 5.40. The maximum atomic E-state index is 13.3. The van der Waals surface area contributed by atoms with Gasteiger partial charge < -0.3 is 5.73 Å². The zero-order valence-electron chi connectivity index (χ0n) is 10.5. The van der Waals surface area contributed by atoms with Gasteiger partial charge in [-0.2, -0.15) is 0 Å². The Balaban J connectivity index is 1.87. The Morgan fingerprint density at radius 1 is 1.11 bits per heavy atom. The van der Waals surface area contributed by atoms with E-state index in [4.69, 9.17) is 17.3 Å². The number of nitrogens with two attached hydrogens (primary N) is 1. The van der Waals surface area contributed by atoms with Crippen molar-refractivity contribution in [3.05, 3.63) is 70.0 Å². The summed E-state index contributed by atoms with van der Waals surface area (Å²) in [4.78, 5) is 0. The normalized spacial score (nSPS) is 16.4. The summed E-state index contributed by atoms with van der Waals surface area (Å²) >= 11 is 6.13. The van der Waals surface area contributed by atoms with Gasteiger partial charge in [0.1, 0.15) is 5.82 Å². The summed E-state index contributed by atoms with van der Waals surface area (Å²) in [6, 6.07) is 12.7. The van der Waals surface area contributed by atoms with Crippen molar-refractivity contribution in [3.63, 3.8) is 0 Å². The minimum atomic E-state index is -0.360. The van der Waals surface area contributed by atoms with Crippen molar-refractivity contribution in [1.29, 1.82) is 0 Å². The van der Waals surface area contributed by atoms with Crippen molar-refractivity contribution in [2.45, 2.75) is 24.8 Å². The van der Waals surface area contributed by atoms with Gasteiger partial charge >= 0.3 is 0 Å². The molecule has 2 N–H and O–H groups in total. The molecule has 1 nitrogen and oxygen atoms in total. The summed E-state index contributed by atoms with van der Waals surface area (Å²) in [7, 11) is 0. The molecular weight excluding hydrogens is 261 g/mol. The van der Waals surface area contributed by atoms with E-state index in [1.807, 2.05) is 12.1 Å². The lowest BCUT2D eigenvalue weighted by atomic mass is 9.89. The van der Waals surface area contributed by atoms with E-state index in [1.165, 1.54) is 23.3 Å². The molecule has 3 heteroatoms. The number of hydrogen-bond acceptors (Lipinski definition) is 1. The summed E-state index contributed by atoms with van der Waals surface area (Å²) in [6.45, 7) is 0. The highest BCUT2D eigenvalue weighted by Crippen LogP contribution is 2.32. The van der Waals surface area contributed by atoms with Crippen molar-refractivity contribution >= 4 is 11.6 Å². The quantitative estimate of drug-likeness (QED) is 0.892. The summed E-state index contributed by atoms with van der Waals surface area (Å²) < 4.78 is 13.3. The van der Waals surface area contributed by atoms with E-state index in [0.29, 0.717) is 11.4 Å². The third-order valence-electron chi connectivity index (χ3n) is 3.75. The van der Waals surface area contributed by atoms with Gasteiger partial charge in [0.15, 0.2) is 0 Å². The maximum absolute atomic E-state index is 13.3. The molecule has 0 aromatic heterocycles. The predicted molar refractivity (Wildman–Crippen MR) is 75.9 cm³/mol. The van der Waals surface area contributed by atoms with Crippen LogP contribution in [0.25, 0.3) is 0 Å². The Morgan fingerprint density at radius 3 is 2.37 bits per heavy atom. The van der Waals surface area contributed by atoms with Gasteiger partial charge in [-0.05, 0) is 54.2 Å². The van der Waals surface area contributed by atoms with Crippen LogP contribution < -0.4 is 5.73 Å². The van der Waals surface area contributed by atoms with E-state index in [9.17, 15) is 4.39 Å². The van der Waals surface area contributed by atoms with Crippen LogP contribution in [-0.4, -0.2) is 5.54 Å². The SMILES string of the molecule is NC1(Cc2cc(F)ccc2Cl)Cc2ccccc2C1. The van der Waals surface area contributed by atoms with Crippen LogP contribution in [0.5, 0.6) is 0 Å². The Labute approximate surface area is 117 Å². The molecule has 98 valence electrons. The lowest BCUT2D eigenvalue weighted by Gasteiger charge is -2.24. The lowest BCUT2D eigenvalue weighted by molar-refractivity contribution is 0.445. The Morgan fingerprint density at radius 2 is 1.74 bits per heavy atom. The Hall–Kier alpha value is -1.38. The molecule has 0 unspecified atom stereocenters. The van der Waals surface area contributed by atoms with Gasteiger partial charge in [-0.1, -0.05) is 35.9 Å². The molecule has 0 saturated heterocycles. The van der Waals surface area contributed by atoms with Crippen LogP contribution >= 0.6 is 11.6 Å². The van der Waals surface area contributed by atoms with Gasteiger partial charge in [-0.25, -0.2) is 4.39 Å². The zero-order valence-corrected chi connectivity index (χ0v) is 11.3. The number of halogens is 2. The molecule has 0 fully saturated rings. The summed E-state index contributed by atoms with van der Waals surface area (Å²) in [5.74, 6) is -0.265. The molecule has 2 aromatic carbocycles. The molecule has 2 aromatic rings. The molecule has 0 radical (unpaired) electrons. The van der Waals surface area contributed by atoms with Crippen molar-refractivity contribution < 1.29 is 4.39 Å². The maximum Gasteiger partial charge on any atom is 0.123 e. The van der Waals surface area contributed by atoms with Crippen LogP contribution in [0.1, 0.15) is 16.7 Å². The lowest BCUT2D eigenvalue weighted by Crippen LogP contribution is -2.43. The van der Waals surface area contributed by atoms with Crippen LogP contribution in [0.3, 0.4) is 0 Å². The first-order valence-corrected chi connectivity index (χ1v) is 6.73. The minimum Gasteiger partial charge on any atom is -0.324 e. The van der Waals surface area contributed by atoms with Gasteiger partial charge in [0, 0.05) is 10.6 Å².